The molecule has 1 atom stereocenters. The molecule has 0 aliphatic rings. The van der Waals surface area contributed by atoms with Crippen LogP contribution in [0.1, 0.15) is 127 Å². The van der Waals surface area contributed by atoms with Gasteiger partial charge in [-0.05, 0) is 18.4 Å². The number of rotatable bonds is 19. The first kappa shape index (κ1) is 37.1. The predicted molar refractivity (Wildman–Crippen MR) is 153 cm³/mol. The van der Waals surface area contributed by atoms with Crippen molar-refractivity contribution in [2.75, 3.05) is 20.0 Å². The van der Waals surface area contributed by atoms with Crippen LogP contribution in [0.15, 0.2) is 30.3 Å². The second-order valence-corrected chi connectivity index (χ2v) is 15.0. The van der Waals surface area contributed by atoms with Gasteiger partial charge in [-0.2, -0.15) is 0 Å². The topological polar surface area (TPSA) is 35.0 Å². The SMILES string of the molecule is Br.CCCCCCCCCCCCCCCCCCC(c1ccccc1)[P+](C)(C)C.N.[Br-]. The van der Waals surface area contributed by atoms with Crippen LogP contribution in [0.5, 0.6) is 0 Å². The Kier molecular flexibility index (Phi) is 28.6. The molecule has 1 rings (SSSR count). The van der Waals surface area contributed by atoms with Crippen molar-refractivity contribution >= 4 is 24.2 Å². The van der Waals surface area contributed by atoms with Gasteiger partial charge < -0.3 is 23.1 Å². The zero-order valence-electron chi connectivity index (χ0n) is 21.9. The van der Waals surface area contributed by atoms with Crippen LogP contribution in [0.3, 0.4) is 0 Å². The summed E-state index contributed by atoms with van der Waals surface area (Å²) in [6, 6.07) is 11.3. The van der Waals surface area contributed by atoms with Gasteiger partial charge in [0.1, 0.15) is 0 Å². The lowest BCUT2D eigenvalue weighted by Gasteiger charge is -2.25. The fourth-order valence-corrected chi connectivity index (χ4v) is 6.59. The van der Waals surface area contributed by atoms with Crippen molar-refractivity contribution in [3.05, 3.63) is 35.9 Å². The average Bonchev–Trinajstić information content (AvgIpc) is 2.70. The van der Waals surface area contributed by atoms with E-state index in [1.807, 2.05) is 0 Å². The normalized spacial score (nSPS) is 11.8. The smallest absolute Gasteiger partial charge is 0.0937 e. The molecule has 0 bridgehead atoms. The van der Waals surface area contributed by atoms with Crippen LogP contribution in [-0.4, -0.2) is 20.0 Å². The van der Waals surface area contributed by atoms with Crippen molar-refractivity contribution in [1.29, 1.82) is 0 Å². The van der Waals surface area contributed by atoms with Gasteiger partial charge in [-0.25, -0.2) is 0 Å². The Hall–Kier alpha value is 0.570. The highest BCUT2D eigenvalue weighted by atomic mass is 79.9. The van der Waals surface area contributed by atoms with Crippen LogP contribution >= 0.6 is 24.2 Å². The molecular weight excluding hydrogens is 541 g/mol. The van der Waals surface area contributed by atoms with Gasteiger partial charge in [-0.15, -0.1) is 17.0 Å². The molecule has 32 heavy (non-hydrogen) atoms. The van der Waals surface area contributed by atoms with E-state index in [0.29, 0.717) is 0 Å². The van der Waals surface area contributed by atoms with Crippen molar-refractivity contribution < 1.29 is 17.0 Å². The summed E-state index contributed by atoms with van der Waals surface area (Å²) in [5.74, 6) is 0. The molecule has 0 aromatic heterocycles. The van der Waals surface area contributed by atoms with Crippen molar-refractivity contribution in [1.82, 2.24) is 6.15 Å². The molecule has 0 aliphatic carbocycles. The first-order chi connectivity index (χ1) is 14.1. The second kappa shape index (κ2) is 24.7. The number of halogens is 2. The molecule has 0 aliphatic heterocycles. The number of hydrogen-bond acceptors (Lipinski definition) is 1. The van der Waals surface area contributed by atoms with Crippen LogP contribution in [0.25, 0.3) is 0 Å². The Morgan fingerprint density at radius 1 is 0.594 bits per heavy atom. The number of benzene rings is 1. The van der Waals surface area contributed by atoms with Crippen LogP contribution in [0.2, 0.25) is 0 Å². The lowest BCUT2D eigenvalue weighted by atomic mass is 10.0. The molecule has 0 amide bonds. The van der Waals surface area contributed by atoms with E-state index in [4.69, 9.17) is 0 Å². The lowest BCUT2D eigenvalue weighted by molar-refractivity contribution is -0.00000712. The number of unbranched alkanes of at least 4 members (excludes halogenated alkanes) is 15. The fourth-order valence-electron chi connectivity index (χ4n) is 4.56. The van der Waals surface area contributed by atoms with E-state index in [1.54, 1.807) is 5.56 Å². The molecular formula is C28H56Br2NP. The van der Waals surface area contributed by atoms with Crippen LogP contribution in [-0.2, 0) is 0 Å². The molecule has 0 radical (unpaired) electrons. The largest absolute Gasteiger partial charge is 1.00 e. The maximum Gasteiger partial charge on any atom is 0.0937 e. The Morgan fingerprint density at radius 3 is 1.28 bits per heavy atom. The van der Waals surface area contributed by atoms with Gasteiger partial charge in [-0.1, -0.05) is 134 Å². The Bertz CT molecular complexity index is 476. The molecule has 1 unspecified atom stereocenters. The first-order valence-corrected chi connectivity index (χ1v) is 16.1. The van der Waals surface area contributed by atoms with E-state index >= 15 is 0 Å². The van der Waals surface area contributed by atoms with Crippen molar-refractivity contribution in [3.8, 4) is 0 Å². The lowest BCUT2D eigenvalue weighted by Crippen LogP contribution is -3.00. The monoisotopic (exact) mass is 595 g/mol. The van der Waals surface area contributed by atoms with Gasteiger partial charge in [0.15, 0.2) is 0 Å². The summed E-state index contributed by atoms with van der Waals surface area (Å²) in [5, 5.41) is 0. The molecule has 0 spiro atoms. The van der Waals surface area contributed by atoms with Gasteiger partial charge >= 0.3 is 0 Å². The molecule has 3 N–H and O–H groups in total. The van der Waals surface area contributed by atoms with E-state index < -0.39 is 7.26 Å². The third-order valence-corrected chi connectivity index (χ3v) is 8.88. The highest BCUT2D eigenvalue weighted by molar-refractivity contribution is 8.93. The maximum absolute atomic E-state index is 2.51. The summed E-state index contributed by atoms with van der Waals surface area (Å²) in [6.07, 6.45) is 24.7. The van der Waals surface area contributed by atoms with Crippen LogP contribution < -0.4 is 23.1 Å². The van der Waals surface area contributed by atoms with Crippen molar-refractivity contribution in [2.45, 2.75) is 122 Å². The van der Waals surface area contributed by atoms with E-state index in [1.165, 1.54) is 109 Å². The van der Waals surface area contributed by atoms with E-state index in [9.17, 15) is 0 Å². The van der Waals surface area contributed by atoms with Gasteiger partial charge in [0.25, 0.3) is 0 Å². The summed E-state index contributed by atoms with van der Waals surface area (Å²) in [7, 11) is -0.838. The Morgan fingerprint density at radius 2 is 0.938 bits per heavy atom. The molecule has 192 valence electrons. The molecule has 0 saturated heterocycles. The molecule has 1 nitrogen and oxygen atoms in total. The number of hydrogen-bond donors (Lipinski definition) is 1. The van der Waals surface area contributed by atoms with E-state index in [2.05, 4.69) is 57.3 Å². The van der Waals surface area contributed by atoms with Crippen molar-refractivity contribution in [2.24, 2.45) is 0 Å². The van der Waals surface area contributed by atoms with Crippen molar-refractivity contribution in [3.63, 3.8) is 0 Å². The third-order valence-electron chi connectivity index (χ3n) is 6.45. The summed E-state index contributed by atoms with van der Waals surface area (Å²) >= 11 is 0. The van der Waals surface area contributed by atoms with Gasteiger partial charge in [0.2, 0.25) is 0 Å². The molecule has 1 aromatic carbocycles. The quantitative estimate of drug-likeness (QED) is 0.127. The zero-order valence-corrected chi connectivity index (χ0v) is 26.1. The third kappa shape index (κ3) is 20.0. The highest BCUT2D eigenvalue weighted by Gasteiger charge is 2.31. The van der Waals surface area contributed by atoms with Gasteiger partial charge in [0.05, 0.1) is 5.66 Å². The van der Waals surface area contributed by atoms with E-state index in [-0.39, 0.29) is 40.1 Å². The zero-order chi connectivity index (χ0) is 21.2. The van der Waals surface area contributed by atoms with Crippen LogP contribution in [0, 0.1) is 0 Å². The summed E-state index contributed by atoms with van der Waals surface area (Å²) in [4.78, 5) is 0. The molecule has 4 heteroatoms. The molecule has 1 aromatic rings. The maximum atomic E-state index is 2.51. The van der Waals surface area contributed by atoms with Crippen LogP contribution in [0.4, 0.5) is 0 Å². The Balaban J connectivity index is -0.00000280. The minimum atomic E-state index is -0.838. The first-order valence-electron chi connectivity index (χ1n) is 12.9. The van der Waals surface area contributed by atoms with Gasteiger partial charge in [-0.3, -0.25) is 0 Å². The summed E-state index contributed by atoms with van der Waals surface area (Å²) < 4.78 is 0. The summed E-state index contributed by atoms with van der Waals surface area (Å²) in [6.45, 7) is 9.83. The fraction of sp³-hybridized carbons (Fsp3) is 0.786. The van der Waals surface area contributed by atoms with E-state index in [0.717, 1.165) is 5.66 Å². The minimum Gasteiger partial charge on any atom is -1.00 e. The predicted octanol–water partition coefficient (Wildman–Crippen LogP) is 8.03. The standard InChI is InChI=1S/C28H52P.2BrH.H3N/c1-5-6-7-8-9-10-11-12-13-14-15-16-17-18-19-23-26-28(29(2,3)4)27-24-21-20-22-25-27;;;/h20-22,24-25,28H,5-19,23,26H2,1-4H3;2*1H;1H3/q+1;;;/p-1. The molecule has 0 saturated carbocycles. The van der Waals surface area contributed by atoms with Gasteiger partial charge in [0, 0.05) is 27.3 Å². The second-order valence-electron chi connectivity index (χ2n) is 10.1. The minimum absolute atomic E-state index is 0. The summed E-state index contributed by atoms with van der Waals surface area (Å²) in [5.41, 5.74) is 2.38. The Labute approximate surface area is 224 Å². The highest BCUT2D eigenvalue weighted by Crippen LogP contribution is 2.62. The molecule has 0 heterocycles. The average molecular weight is 598 g/mol. The molecule has 0 fully saturated rings.